The van der Waals surface area contributed by atoms with E-state index < -0.39 is 24.0 Å². The van der Waals surface area contributed by atoms with E-state index in [1.807, 2.05) is 0 Å². The van der Waals surface area contributed by atoms with Gasteiger partial charge in [0.05, 0.1) is 22.6 Å². The van der Waals surface area contributed by atoms with Crippen LogP contribution < -0.4 is 15.1 Å². The van der Waals surface area contributed by atoms with Gasteiger partial charge in [0, 0.05) is 18.0 Å². The maximum Gasteiger partial charge on any atom is 0.340 e. The van der Waals surface area contributed by atoms with Crippen molar-refractivity contribution in [2.45, 2.75) is 44.1 Å². The average molecular weight is 482 g/mol. The van der Waals surface area contributed by atoms with E-state index in [9.17, 15) is 19.2 Å². The van der Waals surface area contributed by atoms with Crippen molar-refractivity contribution in [3.05, 3.63) is 53.1 Å². The molecule has 0 radical (unpaired) electrons. The van der Waals surface area contributed by atoms with Crippen LogP contribution in [-0.4, -0.2) is 42.4 Å². The van der Waals surface area contributed by atoms with Gasteiger partial charge in [0.1, 0.15) is 5.54 Å². The van der Waals surface area contributed by atoms with Crippen LogP contribution in [0.4, 0.5) is 17.1 Å². The number of ether oxygens (including phenoxy) is 1. The molecule has 2 aromatic carbocycles. The third-order valence-electron chi connectivity index (χ3n) is 6.79. The van der Waals surface area contributed by atoms with Gasteiger partial charge in [-0.2, -0.15) is 0 Å². The average Bonchev–Trinajstić information content (AvgIpc) is 3.48. The number of nitrogens with zero attached hydrogens (tertiary/aromatic N) is 2. The van der Waals surface area contributed by atoms with Crippen LogP contribution in [0.1, 0.15) is 48.9 Å². The Balaban J connectivity index is 1.40. The highest BCUT2D eigenvalue weighted by atomic mass is 35.5. The van der Waals surface area contributed by atoms with E-state index in [4.69, 9.17) is 16.3 Å². The maximum absolute atomic E-state index is 13.4. The standard InChI is InChI=1S/C25H24ClN3O5/c26-16-9-10-17(20(14-16)28-13-5-8-21(28)30)23(32)34-15-22(31)29-19-7-2-1-6-18(19)27-24(33)25(29)11-3-4-12-25/h1-2,6-7,9-10,14H,3-5,8,11-13,15H2,(H,27,33). The Morgan fingerprint density at radius 1 is 1.03 bits per heavy atom. The fourth-order valence-electron chi connectivity index (χ4n) is 5.20. The zero-order valence-corrected chi connectivity index (χ0v) is 19.3. The first-order valence-corrected chi connectivity index (χ1v) is 11.8. The van der Waals surface area contributed by atoms with Crippen LogP contribution >= 0.6 is 11.6 Å². The van der Waals surface area contributed by atoms with Crippen LogP contribution in [0.3, 0.4) is 0 Å². The van der Waals surface area contributed by atoms with Gasteiger partial charge in [-0.1, -0.05) is 36.6 Å². The molecule has 1 saturated heterocycles. The Hall–Kier alpha value is -3.39. The number of amides is 3. The van der Waals surface area contributed by atoms with Crippen LogP contribution in [-0.2, 0) is 19.1 Å². The number of halogens is 1. The first kappa shape index (κ1) is 22.4. The summed E-state index contributed by atoms with van der Waals surface area (Å²) < 4.78 is 5.43. The summed E-state index contributed by atoms with van der Waals surface area (Å²) in [6, 6.07) is 11.7. The lowest BCUT2D eigenvalue weighted by Gasteiger charge is -2.44. The second kappa shape index (κ2) is 8.76. The molecule has 9 heteroatoms. The van der Waals surface area contributed by atoms with Crippen molar-refractivity contribution in [3.8, 4) is 0 Å². The third-order valence-corrected chi connectivity index (χ3v) is 7.03. The number of esters is 1. The van der Waals surface area contributed by atoms with Crippen molar-refractivity contribution in [2.75, 3.05) is 28.3 Å². The highest BCUT2D eigenvalue weighted by Crippen LogP contribution is 2.45. The normalized spacial score (nSPS) is 18.7. The van der Waals surface area contributed by atoms with Crippen LogP contribution in [0.5, 0.6) is 0 Å². The van der Waals surface area contributed by atoms with Crippen LogP contribution in [0.2, 0.25) is 5.02 Å². The monoisotopic (exact) mass is 481 g/mol. The van der Waals surface area contributed by atoms with Gasteiger partial charge in [0.2, 0.25) is 5.91 Å². The summed E-state index contributed by atoms with van der Waals surface area (Å²) in [4.78, 5) is 54.8. The van der Waals surface area contributed by atoms with Crippen molar-refractivity contribution in [1.82, 2.24) is 0 Å². The second-order valence-corrected chi connectivity index (χ2v) is 9.26. The van der Waals surface area contributed by atoms with Gasteiger partial charge in [0.15, 0.2) is 6.61 Å². The van der Waals surface area contributed by atoms with Gasteiger partial charge in [-0.15, -0.1) is 0 Å². The summed E-state index contributed by atoms with van der Waals surface area (Å²) in [5.74, 6) is -1.50. The molecule has 176 valence electrons. The van der Waals surface area contributed by atoms with Crippen LogP contribution in [0.15, 0.2) is 42.5 Å². The summed E-state index contributed by atoms with van der Waals surface area (Å²) in [6.07, 6.45) is 3.85. The molecule has 1 aliphatic carbocycles. The molecule has 3 amide bonds. The van der Waals surface area contributed by atoms with Crippen molar-refractivity contribution < 1.29 is 23.9 Å². The van der Waals surface area contributed by atoms with Crippen LogP contribution in [0.25, 0.3) is 0 Å². The summed E-state index contributed by atoms with van der Waals surface area (Å²) in [5, 5.41) is 3.32. The van der Waals surface area contributed by atoms with Crippen LogP contribution in [0, 0.1) is 0 Å². The highest BCUT2D eigenvalue weighted by molar-refractivity contribution is 6.31. The molecule has 5 rings (SSSR count). The summed E-state index contributed by atoms with van der Waals surface area (Å²) in [6.45, 7) is -0.0429. The summed E-state index contributed by atoms with van der Waals surface area (Å²) in [7, 11) is 0. The van der Waals surface area contributed by atoms with Gasteiger partial charge < -0.3 is 15.0 Å². The van der Waals surface area contributed by atoms with Gasteiger partial charge in [-0.25, -0.2) is 4.79 Å². The predicted octanol–water partition coefficient (Wildman–Crippen LogP) is 3.92. The van der Waals surface area contributed by atoms with E-state index in [2.05, 4.69) is 5.32 Å². The number of hydrogen-bond acceptors (Lipinski definition) is 5. The van der Waals surface area contributed by atoms with Crippen molar-refractivity contribution in [1.29, 1.82) is 0 Å². The fourth-order valence-corrected chi connectivity index (χ4v) is 5.37. The van der Waals surface area contributed by atoms with Crippen molar-refractivity contribution in [2.24, 2.45) is 0 Å². The Morgan fingerprint density at radius 3 is 2.53 bits per heavy atom. The Morgan fingerprint density at radius 2 is 1.79 bits per heavy atom. The van der Waals surface area contributed by atoms with E-state index in [0.29, 0.717) is 54.3 Å². The fraction of sp³-hybridized carbons (Fsp3) is 0.360. The molecule has 34 heavy (non-hydrogen) atoms. The van der Waals surface area contributed by atoms with Crippen molar-refractivity contribution >= 4 is 52.4 Å². The Kier molecular flexibility index (Phi) is 5.77. The lowest BCUT2D eigenvalue weighted by atomic mass is 9.90. The number of para-hydroxylation sites is 2. The van der Waals surface area contributed by atoms with E-state index in [-0.39, 0.29) is 17.4 Å². The molecular formula is C25H24ClN3O5. The second-order valence-electron chi connectivity index (χ2n) is 8.83. The number of hydrogen-bond donors (Lipinski definition) is 1. The molecule has 1 N–H and O–H groups in total. The zero-order valence-electron chi connectivity index (χ0n) is 18.5. The minimum atomic E-state index is -0.981. The maximum atomic E-state index is 13.4. The molecule has 0 unspecified atom stereocenters. The number of benzene rings is 2. The number of carbonyl (C=O) groups is 4. The number of anilines is 3. The highest BCUT2D eigenvalue weighted by Gasteiger charge is 2.52. The van der Waals surface area contributed by atoms with E-state index in [0.717, 1.165) is 12.8 Å². The first-order chi connectivity index (χ1) is 16.4. The molecule has 0 aromatic heterocycles. The molecule has 3 aliphatic rings. The minimum absolute atomic E-state index is 0.0912. The van der Waals surface area contributed by atoms with Gasteiger partial charge in [-0.05, 0) is 49.6 Å². The largest absolute Gasteiger partial charge is 0.452 e. The van der Waals surface area contributed by atoms with E-state index >= 15 is 0 Å². The number of carbonyl (C=O) groups excluding carboxylic acids is 4. The smallest absolute Gasteiger partial charge is 0.340 e. The summed E-state index contributed by atoms with van der Waals surface area (Å²) >= 11 is 6.12. The van der Waals surface area contributed by atoms with Gasteiger partial charge >= 0.3 is 5.97 Å². The molecule has 0 bridgehead atoms. The van der Waals surface area contributed by atoms with E-state index in [1.165, 1.54) is 15.9 Å². The molecule has 1 saturated carbocycles. The SMILES string of the molecule is O=C(OCC(=O)N1c2ccccc2NC(=O)C12CCCC2)c1ccc(Cl)cc1N1CCCC1=O. The lowest BCUT2D eigenvalue weighted by molar-refractivity contribution is -0.129. The topological polar surface area (TPSA) is 96.0 Å². The molecule has 1 spiro atoms. The molecular weight excluding hydrogens is 458 g/mol. The number of nitrogens with one attached hydrogen (secondary N) is 1. The zero-order chi connectivity index (χ0) is 23.9. The Bertz CT molecular complexity index is 1190. The molecule has 2 aliphatic heterocycles. The van der Waals surface area contributed by atoms with Gasteiger partial charge in [-0.3, -0.25) is 19.3 Å². The molecule has 2 aromatic rings. The molecule has 2 fully saturated rings. The number of rotatable bonds is 4. The Labute approximate surface area is 201 Å². The minimum Gasteiger partial charge on any atom is -0.452 e. The summed E-state index contributed by atoms with van der Waals surface area (Å²) in [5.41, 5.74) is 0.713. The van der Waals surface area contributed by atoms with Gasteiger partial charge in [0.25, 0.3) is 11.8 Å². The van der Waals surface area contributed by atoms with Crippen molar-refractivity contribution in [3.63, 3.8) is 0 Å². The quantitative estimate of drug-likeness (QED) is 0.668. The lowest BCUT2D eigenvalue weighted by Crippen LogP contribution is -2.61. The first-order valence-electron chi connectivity index (χ1n) is 11.4. The number of fused-ring (bicyclic) bond motifs is 1. The molecule has 8 nitrogen and oxygen atoms in total. The third kappa shape index (κ3) is 3.72. The predicted molar refractivity (Wildman–Crippen MR) is 127 cm³/mol. The molecule has 0 atom stereocenters. The molecule has 2 heterocycles. The van der Waals surface area contributed by atoms with E-state index in [1.54, 1.807) is 36.4 Å².